The van der Waals surface area contributed by atoms with Crippen LogP contribution < -0.4 is 5.73 Å². The second kappa shape index (κ2) is 4.45. The first-order chi connectivity index (χ1) is 7.68. The lowest BCUT2D eigenvalue weighted by molar-refractivity contribution is -0.387. The van der Waals surface area contributed by atoms with Gasteiger partial charge in [-0.3, -0.25) is 10.1 Å². The van der Waals surface area contributed by atoms with Gasteiger partial charge in [0.1, 0.15) is 6.33 Å². The van der Waals surface area contributed by atoms with Gasteiger partial charge in [-0.25, -0.2) is 9.97 Å². The van der Waals surface area contributed by atoms with E-state index in [4.69, 9.17) is 5.73 Å². The maximum Gasteiger partial charge on any atom is 0.343 e. The zero-order valence-corrected chi connectivity index (χ0v) is 9.49. The molecule has 2 heterocycles. The smallest absolute Gasteiger partial charge is 0.343 e. The van der Waals surface area contributed by atoms with E-state index in [1.54, 1.807) is 0 Å². The van der Waals surface area contributed by atoms with Crippen molar-refractivity contribution in [3.63, 3.8) is 0 Å². The van der Waals surface area contributed by atoms with E-state index in [9.17, 15) is 10.1 Å². The minimum absolute atomic E-state index is 0.112. The predicted octanol–water partition coefficient (Wildman–Crippen LogP) is 2.18. The van der Waals surface area contributed by atoms with Crippen LogP contribution in [0.3, 0.4) is 0 Å². The molecule has 2 aromatic heterocycles. The van der Waals surface area contributed by atoms with Gasteiger partial charge < -0.3 is 5.73 Å². The molecule has 8 heteroatoms. The fourth-order valence-electron chi connectivity index (χ4n) is 1.04. The van der Waals surface area contributed by atoms with E-state index < -0.39 is 4.92 Å². The SMILES string of the molecule is Nc1ncnc(Sc2cccs2)c1[N+](=O)[O-]. The van der Waals surface area contributed by atoms with Gasteiger partial charge in [-0.1, -0.05) is 17.8 Å². The molecule has 0 aliphatic heterocycles. The molecule has 2 aromatic rings. The summed E-state index contributed by atoms with van der Waals surface area (Å²) in [7, 11) is 0. The third-order valence-corrected chi connectivity index (χ3v) is 3.72. The van der Waals surface area contributed by atoms with Crippen molar-refractivity contribution in [2.75, 3.05) is 5.73 Å². The number of hydrogen-bond donors (Lipinski definition) is 1. The topological polar surface area (TPSA) is 94.9 Å². The van der Waals surface area contributed by atoms with E-state index in [0.717, 1.165) is 4.21 Å². The molecule has 82 valence electrons. The molecule has 0 amide bonds. The number of rotatable bonds is 3. The Kier molecular flexibility index (Phi) is 3.02. The van der Waals surface area contributed by atoms with Crippen LogP contribution in [0.5, 0.6) is 0 Å². The normalized spacial score (nSPS) is 10.2. The minimum atomic E-state index is -0.564. The van der Waals surface area contributed by atoms with Gasteiger partial charge in [0.05, 0.1) is 9.13 Å². The van der Waals surface area contributed by atoms with Crippen LogP contribution in [0.2, 0.25) is 0 Å². The lowest BCUT2D eigenvalue weighted by Crippen LogP contribution is -2.01. The molecule has 0 radical (unpaired) electrons. The summed E-state index contributed by atoms with van der Waals surface area (Å²) in [5.74, 6) is -0.112. The van der Waals surface area contributed by atoms with Crippen molar-refractivity contribution in [3.8, 4) is 0 Å². The molecule has 0 bridgehead atoms. The molecule has 0 aromatic carbocycles. The van der Waals surface area contributed by atoms with Crippen LogP contribution in [0.15, 0.2) is 33.1 Å². The second-order valence-corrected chi connectivity index (χ2v) is 4.94. The highest BCUT2D eigenvalue weighted by atomic mass is 32.2. The molecular formula is C8H6N4O2S2. The van der Waals surface area contributed by atoms with E-state index in [-0.39, 0.29) is 16.5 Å². The number of nitrogens with zero attached hydrogens (tertiary/aromatic N) is 3. The highest BCUT2D eigenvalue weighted by Gasteiger charge is 2.21. The van der Waals surface area contributed by atoms with Crippen LogP contribution in [-0.2, 0) is 0 Å². The van der Waals surface area contributed by atoms with Gasteiger partial charge in [-0.15, -0.1) is 11.3 Å². The summed E-state index contributed by atoms with van der Waals surface area (Å²) in [4.78, 5) is 17.7. The van der Waals surface area contributed by atoms with Crippen molar-refractivity contribution in [3.05, 3.63) is 34.0 Å². The number of nitrogen functional groups attached to an aromatic ring is 1. The molecule has 16 heavy (non-hydrogen) atoms. The van der Waals surface area contributed by atoms with E-state index in [1.165, 1.54) is 29.4 Å². The van der Waals surface area contributed by atoms with Crippen molar-refractivity contribution in [1.82, 2.24) is 9.97 Å². The molecule has 6 nitrogen and oxygen atoms in total. The molecule has 0 atom stereocenters. The first kappa shape index (κ1) is 10.8. The van der Waals surface area contributed by atoms with Crippen LogP contribution >= 0.6 is 23.1 Å². The standard InChI is InChI=1S/C8H6N4O2S2/c9-7-6(12(13)14)8(11-4-10-7)16-5-2-1-3-15-5/h1-4H,(H2,9,10,11). The van der Waals surface area contributed by atoms with Crippen molar-refractivity contribution >= 4 is 34.6 Å². The summed E-state index contributed by atoms with van der Waals surface area (Å²) in [6, 6.07) is 3.72. The molecule has 0 aliphatic carbocycles. The lowest BCUT2D eigenvalue weighted by atomic mass is 10.5. The minimum Gasteiger partial charge on any atom is -0.378 e. The van der Waals surface area contributed by atoms with Crippen LogP contribution in [0.4, 0.5) is 11.5 Å². The molecular weight excluding hydrogens is 248 g/mol. The average molecular weight is 254 g/mol. The van der Waals surface area contributed by atoms with Crippen molar-refractivity contribution < 1.29 is 4.92 Å². The third-order valence-electron chi connectivity index (χ3n) is 1.69. The van der Waals surface area contributed by atoms with Gasteiger partial charge in [0.25, 0.3) is 0 Å². The van der Waals surface area contributed by atoms with E-state index in [0.29, 0.717) is 0 Å². The van der Waals surface area contributed by atoms with Gasteiger partial charge in [0.2, 0.25) is 5.82 Å². The quantitative estimate of drug-likeness (QED) is 0.512. The van der Waals surface area contributed by atoms with Crippen LogP contribution in [0.1, 0.15) is 0 Å². The Bertz CT molecular complexity index is 515. The van der Waals surface area contributed by atoms with Crippen molar-refractivity contribution in [2.45, 2.75) is 9.24 Å². The average Bonchev–Trinajstić information content (AvgIpc) is 2.70. The number of hydrogen-bond acceptors (Lipinski definition) is 7. The highest BCUT2D eigenvalue weighted by molar-refractivity contribution is 8.01. The zero-order chi connectivity index (χ0) is 11.5. The number of anilines is 1. The third kappa shape index (κ3) is 2.12. The second-order valence-electron chi connectivity index (χ2n) is 2.70. The lowest BCUT2D eigenvalue weighted by Gasteiger charge is -2.00. The first-order valence-electron chi connectivity index (χ1n) is 4.14. The summed E-state index contributed by atoms with van der Waals surface area (Å²) in [5.41, 5.74) is 5.21. The Labute approximate surface area is 98.7 Å². The molecule has 2 N–H and O–H groups in total. The molecule has 0 unspecified atom stereocenters. The van der Waals surface area contributed by atoms with E-state index >= 15 is 0 Å². The fraction of sp³-hybridized carbons (Fsp3) is 0. The summed E-state index contributed by atoms with van der Waals surface area (Å²) in [5, 5.41) is 13.0. The molecule has 0 saturated heterocycles. The Balaban J connectivity index is 2.40. The maximum absolute atomic E-state index is 10.8. The first-order valence-corrected chi connectivity index (χ1v) is 5.84. The van der Waals surface area contributed by atoms with Gasteiger partial charge in [0.15, 0.2) is 5.03 Å². The van der Waals surface area contributed by atoms with Crippen molar-refractivity contribution in [1.29, 1.82) is 0 Å². The van der Waals surface area contributed by atoms with E-state index in [2.05, 4.69) is 9.97 Å². The predicted molar refractivity (Wildman–Crippen MR) is 61.5 cm³/mol. The van der Waals surface area contributed by atoms with Gasteiger partial charge in [-0.05, 0) is 11.4 Å². The number of aromatic nitrogens is 2. The summed E-state index contributed by atoms with van der Waals surface area (Å²) >= 11 is 2.69. The summed E-state index contributed by atoms with van der Waals surface area (Å²) in [6.07, 6.45) is 1.22. The number of thiophene rings is 1. The Morgan fingerprint density at radius 1 is 1.50 bits per heavy atom. The Morgan fingerprint density at radius 2 is 2.31 bits per heavy atom. The molecule has 2 rings (SSSR count). The maximum atomic E-state index is 10.8. The summed E-state index contributed by atoms with van der Waals surface area (Å²) < 4.78 is 0.918. The fourth-order valence-corrected chi connectivity index (χ4v) is 2.80. The number of nitrogens with two attached hydrogens (primary N) is 1. The Morgan fingerprint density at radius 3 is 2.94 bits per heavy atom. The molecule has 0 aliphatic rings. The molecule has 0 spiro atoms. The monoisotopic (exact) mass is 254 g/mol. The summed E-state index contributed by atoms with van der Waals surface area (Å²) in [6.45, 7) is 0. The zero-order valence-electron chi connectivity index (χ0n) is 7.86. The van der Waals surface area contributed by atoms with Gasteiger partial charge >= 0.3 is 5.69 Å². The highest BCUT2D eigenvalue weighted by Crippen LogP contribution is 2.37. The Hall–Kier alpha value is -1.67. The van der Waals surface area contributed by atoms with Gasteiger partial charge in [0, 0.05) is 0 Å². The van der Waals surface area contributed by atoms with Crippen LogP contribution in [0, 0.1) is 10.1 Å². The molecule has 0 saturated carbocycles. The van der Waals surface area contributed by atoms with Crippen LogP contribution in [-0.4, -0.2) is 14.9 Å². The number of nitro groups is 1. The molecule has 0 fully saturated rings. The van der Waals surface area contributed by atoms with Crippen LogP contribution in [0.25, 0.3) is 0 Å². The van der Waals surface area contributed by atoms with E-state index in [1.807, 2.05) is 17.5 Å². The van der Waals surface area contributed by atoms with Crippen molar-refractivity contribution in [2.24, 2.45) is 0 Å². The largest absolute Gasteiger partial charge is 0.378 e. The van der Waals surface area contributed by atoms with Gasteiger partial charge in [-0.2, -0.15) is 0 Å².